The van der Waals surface area contributed by atoms with E-state index < -0.39 is 0 Å². The molecule has 2 fully saturated rings. The van der Waals surface area contributed by atoms with Gasteiger partial charge in [0, 0.05) is 12.6 Å². The van der Waals surface area contributed by atoms with Crippen LogP contribution in [0.4, 0.5) is 0 Å². The van der Waals surface area contributed by atoms with E-state index in [0.29, 0.717) is 17.8 Å². The Morgan fingerprint density at radius 3 is 2.83 bits per heavy atom. The number of imidazole rings is 1. The zero-order chi connectivity index (χ0) is 16.5. The molecule has 0 spiro atoms. The van der Waals surface area contributed by atoms with Crippen molar-refractivity contribution in [1.29, 1.82) is 0 Å². The summed E-state index contributed by atoms with van der Waals surface area (Å²) in [5.74, 6) is 1.43. The molecular weight excluding hydrogens is 302 g/mol. The van der Waals surface area contributed by atoms with E-state index in [0.717, 1.165) is 30.4 Å². The minimum atomic E-state index is -0.145. The summed E-state index contributed by atoms with van der Waals surface area (Å²) in [6.07, 6.45) is 7.35. The molecule has 0 radical (unpaired) electrons. The fourth-order valence-electron chi connectivity index (χ4n) is 4.58. The number of fused-ring (bicyclic) bond motifs is 2. The van der Waals surface area contributed by atoms with Gasteiger partial charge in [0.15, 0.2) is 0 Å². The first-order chi connectivity index (χ1) is 11.8. The Hall–Kier alpha value is -1.88. The van der Waals surface area contributed by atoms with Gasteiger partial charge >= 0.3 is 0 Å². The number of amides is 1. The Balaban J connectivity index is 1.59. The lowest BCUT2D eigenvalue weighted by molar-refractivity contribution is -0.138. The summed E-state index contributed by atoms with van der Waals surface area (Å²) in [7, 11) is 0. The summed E-state index contributed by atoms with van der Waals surface area (Å²) in [6, 6.07) is 8.19. The number of carbonyl (C=O) groups is 1. The first kappa shape index (κ1) is 15.6. The number of likely N-dealkylation sites (tertiary alicyclic amines) is 1. The van der Waals surface area contributed by atoms with Gasteiger partial charge in [-0.15, -0.1) is 0 Å². The molecule has 1 aliphatic carbocycles. The molecule has 4 rings (SSSR count). The van der Waals surface area contributed by atoms with E-state index in [4.69, 9.17) is 0 Å². The number of aromatic nitrogens is 2. The maximum absolute atomic E-state index is 13.0. The van der Waals surface area contributed by atoms with Crippen molar-refractivity contribution in [2.75, 3.05) is 6.54 Å². The molecule has 1 saturated carbocycles. The topological polar surface area (TPSA) is 58.4 Å². The predicted molar refractivity (Wildman–Crippen MR) is 92.3 cm³/mol. The molecule has 2 heterocycles. The molecule has 2 aliphatic rings. The third-order valence-corrected chi connectivity index (χ3v) is 5.73. The van der Waals surface area contributed by atoms with Crippen molar-refractivity contribution in [3.8, 4) is 0 Å². The maximum Gasteiger partial charge on any atom is 0.242 e. The minimum absolute atomic E-state index is 0.145. The third kappa shape index (κ3) is 2.71. The van der Waals surface area contributed by atoms with Crippen LogP contribution in [0, 0.1) is 5.92 Å². The van der Waals surface area contributed by atoms with Crippen LogP contribution < -0.4 is 0 Å². The van der Waals surface area contributed by atoms with Crippen LogP contribution in [0.2, 0.25) is 0 Å². The lowest BCUT2D eigenvalue weighted by Crippen LogP contribution is -2.50. The second kappa shape index (κ2) is 6.55. The Labute approximate surface area is 142 Å². The van der Waals surface area contributed by atoms with Crippen molar-refractivity contribution in [2.45, 2.75) is 57.7 Å². The molecular formula is C19H25N3O2. The second-order valence-corrected chi connectivity index (χ2v) is 7.10. The number of hydrogen-bond donors (Lipinski definition) is 1. The van der Waals surface area contributed by atoms with E-state index >= 15 is 0 Å². The van der Waals surface area contributed by atoms with Gasteiger partial charge in [0.1, 0.15) is 19.0 Å². The Bertz CT molecular complexity index is 737. The van der Waals surface area contributed by atoms with Gasteiger partial charge < -0.3 is 14.6 Å². The summed E-state index contributed by atoms with van der Waals surface area (Å²) < 4.78 is 1.88. The summed E-state index contributed by atoms with van der Waals surface area (Å²) in [6.45, 7) is 1.01. The standard InChI is InChI=1S/C19H25N3O2/c23-13-18-20-15-8-2-4-10-17(15)22(18)12-19(24)21-11-5-7-14-6-1-3-9-16(14)21/h2,4,8,10,14,16,23H,1,3,5-7,9,11-13H2. The lowest BCUT2D eigenvalue weighted by Gasteiger charge is -2.44. The molecule has 24 heavy (non-hydrogen) atoms. The van der Waals surface area contributed by atoms with Gasteiger partial charge in [-0.1, -0.05) is 25.0 Å². The highest BCUT2D eigenvalue weighted by molar-refractivity contribution is 5.81. The maximum atomic E-state index is 13.0. The van der Waals surface area contributed by atoms with Crippen molar-refractivity contribution >= 4 is 16.9 Å². The number of rotatable bonds is 3. The van der Waals surface area contributed by atoms with E-state index in [-0.39, 0.29) is 19.1 Å². The third-order valence-electron chi connectivity index (χ3n) is 5.73. The summed E-state index contributed by atoms with van der Waals surface area (Å²) in [4.78, 5) is 19.6. The average molecular weight is 327 g/mol. The normalized spacial score (nSPS) is 24.1. The Morgan fingerprint density at radius 1 is 1.17 bits per heavy atom. The lowest BCUT2D eigenvalue weighted by atomic mass is 9.78. The number of benzene rings is 1. The van der Waals surface area contributed by atoms with Crippen LogP contribution in [0.25, 0.3) is 11.0 Å². The van der Waals surface area contributed by atoms with Crippen LogP contribution in [0.5, 0.6) is 0 Å². The highest BCUT2D eigenvalue weighted by atomic mass is 16.3. The van der Waals surface area contributed by atoms with Gasteiger partial charge in [0.05, 0.1) is 11.0 Å². The highest BCUT2D eigenvalue weighted by Gasteiger charge is 2.35. The number of nitrogens with zero attached hydrogens (tertiary/aromatic N) is 3. The van der Waals surface area contributed by atoms with Crippen LogP contribution in [0.1, 0.15) is 44.3 Å². The molecule has 2 aromatic rings. The zero-order valence-electron chi connectivity index (χ0n) is 14.0. The van der Waals surface area contributed by atoms with E-state index in [9.17, 15) is 9.90 Å². The van der Waals surface area contributed by atoms with E-state index in [1.165, 1.54) is 25.7 Å². The molecule has 1 aromatic carbocycles. The van der Waals surface area contributed by atoms with Crippen molar-refractivity contribution < 1.29 is 9.90 Å². The molecule has 2 atom stereocenters. The molecule has 128 valence electrons. The Kier molecular flexibility index (Phi) is 4.27. The fourth-order valence-corrected chi connectivity index (χ4v) is 4.58. The highest BCUT2D eigenvalue weighted by Crippen LogP contribution is 2.35. The molecule has 1 aliphatic heterocycles. The molecule has 5 heteroatoms. The largest absolute Gasteiger partial charge is 0.388 e. The van der Waals surface area contributed by atoms with Crippen LogP contribution in [-0.2, 0) is 17.9 Å². The minimum Gasteiger partial charge on any atom is -0.388 e. The predicted octanol–water partition coefficient (Wildman–Crippen LogP) is 2.71. The number of aliphatic hydroxyl groups excluding tert-OH is 1. The second-order valence-electron chi connectivity index (χ2n) is 7.10. The van der Waals surface area contributed by atoms with Crippen LogP contribution in [0.15, 0.2) is 24.3 Å². The number of aliphatic hydroxyl groups is 1. The molecule has 1 amide bonds. The van der Waals surface area contributed by atoms with E-state index in [1.54, 1.807) is 0 Å². The van der Waals surface area contributed by atoms with Crippen molar-refractivity contribution in [2.24, 2.45) is 5.92 Å². The SMILES string of the molecule is O=C(Cn1c(CO)nc2ccccc21)N1CCCC2CCCCC21. The van der Waals surface area contributed by atoms with Gasteiger partial charge in [-0.2, -0.15) is 0 Å². The van der Waals surface area contributed by atoms with Gasteiger partial charge in [-0.05, 0) is 43.7 Å². The number of para-hydroxylation sites is 2. The smallest absolute Gasteiger partial charge is 0.242 e. The molecule has 0 bridgehead atoms. The van der Waals surface area contributed by atoms with Crippen LogP contribution >= 0.6 is 0 Å². The molecule has 1 aromatic heterocycles. The molecule has 2 unspecified atom stereocenters. The molecule has 5 nitrogen and oxygen atoms in total. The van der Waals surface area contributed by atoms with Gasteiger partial charge in [0.25, 0.3) is 0 Å². The van der Waals surface area contributed by atoms with Crippen molar-refractivity contribution in [1.82, 2.24) is 14.5 Å². The summed E-state index contributed by atoms with van der Waals surface area (Å²) in [5, 5.41) is 9.62. The summed E-state index contributed by atoms with van der Waals surface area (Å²) in [5.41, 5.74) is 1.76. The fraction of sp³-hybridized carbons (Fsp3) is 0.579. The number of carbonyl (C=O) groups excluding carboxylic acids is 1. The van der Waals surface area contributed by atoms with Gasteiger partial charge in [0.2, 0.25) is 5.91 Å². The first-order valence-electron chi connectivity index (χ1n) is 9.12. The zero-order valence-corrected chi connectivity index (χ0v) is 14.0. The molecule has 1 N–H and O–H groups in total. The van der Waals surface area contributed by atoms with Crippen LogP contribution in [0.3, 0.4) is 0 Å². The molecule has 1 saturated heterocycles. The van der Waals surface area contributed by atoms with E-state index in [1.807, 2.05) is 28.8 Å². The van der Waals surface area contributed by atoms with Crippen LogP contribution in [-0.4, -0.2) is 38.1 Å². The first-order valence-corrected chi connectivity index (χ1v) is 9.12. The van der Waals surface area contributed by atoms with Crippen molar-refractivity contribution in [3.63, 3.8) is 0 Å². The quantitative estimate of drug-likeness (QED) is 0.943. The summed E-state index contributed by atoms with van der Waals surface area (Å²) >= 11 is 0. The van der Waals surface area contributed by atoms with Gasteiger partial charge in [-0.25, -0.2) is 4.98 Å². The Morgan fingerprint density at radius 2 is 1.96 bits per heavy atom. The number of hydrogen-bond acceptors (Lipinski definition) is 3. The monoisotopic (exact) mass is 327 g/mol. The van der Waals surface area contributed by atoms with Gasteiger partial charge in [-0.3, -0.25) is 4.79 Å². The number of piperidine rings is 1. The average Bonchev–Trinajstić information content (AvgIpc) is 2.99. The van der Waals surface area contributed by atoms with E-state index in [2.05, 4.69) is 9.88 Å². The van der Waals surface area contributed by atoms with Crippen molar-refractivity contribution in [3.05, 3.63) is 30.1 Å².